The zero-order valence-electron chi connectivity index (χ0n) is 11.3. The van der Waals surface area contributed by atoms with Gasteiger partial charge in [-0.3, -0.25) is 0 Å². The van der Waals surface area contributed by atoms with Crippen molar-refractivity contribution in [2.24, 2.45) is 5.73 Å². The third kappa shape index (κ3) is 2.96. The molecule has 0 aliphatic carbocycles. The van der Waals surface area contributed by atoms with Crippen LogP contribution < -0.4 is 10.6 Å². The van der Waals surface area contributed by atoms with Gasteiger partial charge < -0.3 is 15.1 Å². The lowest BCUT2D eigenvalue weighted by molar-refractivity contribution is 0.460. The average Bonchev–Trinajstić information content (AvgIpc) is 2.77. The molecular weight excluding hydrogens is 243 g/mol. The van der Waals surface area contributed by atoms with Crippen LogP contribution in [-0.4, -0.2) is 6.54 Å². The summed E-state index contributed by atoms with van der Waals surface area (Å²) in [7, 11) is 0. The van der Waals surface area contributed by atoms with E-state index in [0.29, 0.717) is 25.3 Å². The van der Waals surface area contributed by atoms with Crippen molar-refractivity contribution in [1.82, 2.24) is 0 Å². The van der Waals surface area contributed by atoms with E-state index in [1.807, 2.05) is 30.9 Å². The van der Waals surface area contributed by atoms with Crippen molar-refractivity contribution in [3.05, 3.63) is 53.2 Å². The Morgan fingerprint density at radius 1 is 1.32 bits per heavy atom. The average molecular weight is 262 g/mol. The molecule has 0 unspecified atom stereocenters. The fraction of sp³-hybridized carbons (Fsp3) is 0.333. The van der Waals surface area contributed by atoms with Crippen molar-refractivity contribution in [2.45, 2.75) is 26.9 Å². The topological polar surface area (TPSA) is 42.4 Å². The fourth-order valence-corrected chi connectivity index (χ4v) is 2.13. The minimum absolute atomic E-state index is 0.216. The predicted octanol–water partition coefficient (Wildman–Crippen LogP) is 3.21. The number of nitrogens with two attached hydrogens (primary N) is 1. The molecule has 1 aromatic carbocycles. The standard InChI is InChI=1S/C15H19FN2O/c1-3-18(14-7-5-4-6-13(14)16)10-12-8-11(2)15(9-17)19-12/h4-8H,3,9-10,17H2,1-2H3. The predicted molar refractivity (Wildman–Crippen MR) is 74.5 cm³/mol. The van der Waals surface area contributed by atoms with Gasteiger partial charge in [0.25, 0.3) is 0 Å². The quantitative estimate of drug-likeness (QED) is 0.899. The Morgan fingerprint density at radius 3 is 2.63 bits per heavy atom. The summed E-state index contributed by atoms with van der Waals surface area (Å²) in [6.45, 7) is 5.59. The molecule has 0 bridgehead atoms. The number of benzene rings is 1. The zero-order chi connectivity index (χ0) is 13.8. The second-order valence-electron chi connectivity index (χ2n) is 4.49. The Bertz CT molecular complexity index is 551. The van der Waals surface area contributed by atoms with Gasteiger partial charge in [0, 0.05) is 6.54 Å². The third-order valence-electron chi connectivity index (χ3n) is 3.18. The smallest absolute Gasteiger partial charge is 0.146 e. The number of nitrogens with zero attached hydrogens (tertiary/aromatic N) is 1. The molecule has 2 N–H and O–H groups in total. The SMILES string of the molecule is CCN(Cc1cc(C)c(CN)o1)c1ccccc1F. The summed E-state index contributed by atoms with van der Waals surface area (Å²) in [6, 6.07) is 8.73. The molecule has 0 fully saturated rings. The van der Waals surface area contributed by atoms with Crippen LogP contribution in [0.1, 0.15) is 24.0 Å². The van der Waals surface area contributed by atoms with E-state index >= 15 is 0 Å². The molecular formula is C15H19FN2O. The molecule has 1 heterocycles. The summed E-state index contributed by atoms with van der Waals surface area (Å²) < 4.78 is 19.5. The number of hydrogen-bond acceptors (Lipinski definition) is 3. The number of rotatable bonds is 5. The Morgan fingerprint density at radius 2 is 2.05 bits per heavy atom. The van der Waals surface area contributed by atoms with Crippen molar-refractivity contribution in [3.8, 4) is 0 Å². The Kier molecular flexibility index (Phi) is 4.22. The second kappa shape index (κ2) is 5.89. The van der Waals surface area contributed by atoms with E-state index < -0.39 is 0 Å². The number of aryl methyl sites for hydroxylation is 1. The summed E-state index contributed by atoms with van der Waals surface area (Å²) in [6.07, 6.45) is 0. The molecule has 4 heteroatoms. The van der Waals surface area contributed by atoms with E-state index in [4.69, 9.17) is 10.2 Å². The van der Waals surface area contributed by atoms with E-state index in [9.17, 15) is 4.39 Å². The number of halogens is 1. The lowest BCUT2D eigenvalue weighted by Crippen LogP contribution is -2.22. The van der Waals surface area contributed by atoms with Gasteiger partial charge in [0.15, 0.2) is 0 Å². The first-order valence-electron chi connectivity index (χ1n) is 6.43. The minimum Gasteiger partial charge on any atom is -0.463 e. The van der Waals surface area contributed by atoms with Crippen LogP contribution >= 0.6 is 0 Å². The van der Waals surface area contributed by atoms with E-state index in [2.05, 4.69) is 0 Å². The summed E-state index contributed by atoms with van der Waals surface area (Å²) in [5.41, 5.74) is 7.23. The largest absolute Gasteiger partial charge is 0.463 e. The molecule has 0 saturated carbocycles. The lowest BCUT2D eigenvalue weighted by atomic mass is 10.2. The van der Waals surface area contributed by atoms with Crippen molar-refractivity contribution >= 4 is 5.69 Å². The minimum atomic E-state index is -0.216. The maximum absolute atomic E-state index is 13.8. The van der Waals surface area contributed by atoms with Crippen LogP contribution in [0, 0.1) is 12.7 Å². The molecule has 2 aromatic rings. The molecule has 102 valence electrons. The molecule has 2 rings (SSSR count). The van der Waals surface area contributed by atoms with Gasteiger partial charge in [0.1, 0.15) is 17.3 Å². The van der Waals surface area contributed by atoms with Gasteiger partial charge >= 0.3 is 0 Å². The number of para-hydroxylation sites is 1. The Balaban J connectivity index is 2.21. The van der Waals surface area contributed by atoms with Crippen LogP contribution in [0.3, 0.4) is 0 Å². The molecule has 0 atom stereocenters. The van der Waals surface area contributed by atoms with Crippen LogP contribution in [0.5, 0.6) is 0 Å². The number of anilines is 1. The van der Waals surface area contributed by atoms with Crippen LogP contribution in [0.4, 0.5) is 10.1 Å². The van der Waals surface area contributed by atoms with Gasteiger partial charge in [-0.1, -0.05) is 12.1 Å². The van der Waals surface area contributed by atoms with E-state index in [0.717, 1.165) is 17.1 Å². The van der Waals surface area contributed by atoms with Crippen LogP contribution in [0.25, 0.3) is 0 Å². The van der Waals surface area contributed by atoms with Crippen molar-refractivity contribution in [2.75, 3.05) is 11.4 Å². The molecule has 0 saturated heterocycles. The highest BCUT2D eigenvalue weighted by molar-refractivity contribution is 5.47. The van der Waals surface area contributed by atoms with Gasteiger partial charge in [0.2, 0.25) is 0 Å². The van der Waals surface area contributed by atoms with Crippen LogP contribution in [0.15, 0.2) is 34.7 Å². The second-order valence-corrected chi connectivity index (χ2v) is 4.49. The highest BCUT2D eigenvalue weighted by Crippen LogP contribution is 2.22. The summed E-state index contributed by atoms with van der Waals surface area (Å²) in [5.74, 6) is 1.38. The maximum atomic E-state index is 13.8. The summed E-state index contributed by atoms with van der Waals surface area (Å²) in [4.78, 5) is 1.94. The first-order chi connectivity index (χ1) is 9.15. The van der Waals surface area contributed by atoms with Gasteiger partial charge in [0.05, 0.1) is 18.8 Å². The summed E-state index contributed by atoms with van der Waals surface area (Å²) >= 11 is 0. The summed E-state index contributed by atoms with van der Waals surface area (Å²) in [5, 5.41) is 0. The molecule has 0 radical (unpaired) electrons. The molecule has 3 nitrogen and oxygen atoms in total. The van der Waals surface area contributed by atoms with Crippen LogP contribution in [0.2, 0.25) is 0 Å². The molecule has 0 amide bonds. The lowest BCUT2D eigenvalue weighted by Gasteiger charge is -2.22. The fourth-order valence-electron chi connectivity index (χ4n) is 2.13. The van der Waals surface area contributed by atoms with Crippen molar-refractivity contribution in [3.63, 3.8) is 0 Å². The Labute approximate surface area is 112 Å². The van der Waals surface area contributed by atoms with E-state index in [1.165, 1.54) is 6.07 Å². The third-order valence-corrected chi connectivity index (χ3v) is 3.18. The van der Waals surface area contributed by atoms with Gasteiger partial charge in [-0.15, -0.1) is 0 Å². The maximum Gasteiger partial charge on any atom is 0.146 e. The van der Waals surface area contributed by atoms with Gasteiger partial charge in [-0.25, -0.2) is 4.39 Å². The van der Waals surface area contributed by atoms with Gasteiger partial charge in [-0.2, -0.15) is 0 Å². The highest BCUT2D eigenvalue weighted by atomic mass is 19.1. The molecule has 19 heavy (non-hydrogen) atoms. The first kappa shape index (κ1) is 13.6. The van der Waals surface area contributed by atoms with E-state index in [1.54, 1.807) is 12.1 Å². The first-order valence-corrected chi connectivity index (χ1v) is 6.43. The van der Waals surface area contributed by atoms with Crippen molar-refractivity contribution in [1.29, 1.82) is 0 Å². The van der Waals surface area contributed by atoms with E-state index in [-0.39, 0.29) is 5.82 Å². The molecule has 0 spiro atoms. The Hall–Kier alpha value is -1.81. The highest BCUT2D eigenvalue weighted by Gasteiger charge is 2.13. The molecule has 1 aromatic heterocycles. The number of hydrogen-bond donors (Lipinski definition) is 1. The molecule has 0 aliphatic rings. The molecule has 0 aliphatic heterocycles. The van der Waals surface area contributed by atoms with Gasteiger partial charge in [-0.05, 0) is 37.6 Å². The van der Waals surface area contributed by atoms with Crippen molar-refractivity contribution < 1.29 is 8.81 Å². The monoisotopic (exact) mass is 262 g/mol. The van der Waals surface area contributed by atoms with Crippen LogP contribution in [-0.2, 0) is 13.1 Å². The zero-order valence-corrected chi connectivity index (χ0v) is 11.3. The number of furan rings is 1. The normalized spacial score (nSPS) is 10.7.